The first-order chi connectivity index (χ1) is 11.9. The van der Waals surface area contributed by atoms with Crippen LogP contribution in [0.5, 0.6) is 0 Å². The van der Waals surface area contributed by atoms with E-state index in [4.69, 9.17) is 9.57 Å². The summed E-state index contributed by atoms with van der Waals surface area (Å²) in [7, 11) is -2.41. The molecule has 0 radical (unpaired) electrons. The van der Waals surface area contributed by atoms with Crippen molar-refractivity contribution < 1.29 is 22.8 Å². The molecule has 3 rings (SSSR count). The molecule has 0 amide bonds. The summed E-state index contributed by atoms with van der Waals surface area (Å²) in [5.41, 5.74) is 0.120. The fraction of sp³-hybridized carbons (Fsp3) is 0.278. The predicted octanol–water partition coefficient (Wildman–Crippen LogP) is 2.34. The zero-order valence-electron chi connectivity index (χ0n) is 13.9. The molecule has 1 aliphatic heterocycles. The number of anilines is 1. The van der Waals surface area contributed by atoms with Gasteiger partial charge in [-0.3, -0.25) is 9.63 Å². The minimum absolute atomic E-state index is 0.615. The van der Waals surface area contributed by atoms with Crippen molar-refractivity contribution in [1.82, 2.24) is 0 Å². The number of carbonyl (C=O) groups is 1. The van der Waals surface area contributed by atoms with Gasteiger partial charge in [0.15, 0.2) is 9.84 Å². The molecule has 132 valence electrons. The monoisotopic (exact) mass is 361 g/mol. The molecule has 1 fully saturated rings. The van der Waals surface area contributed by atoms with Crippen LogP contribution in [0, 0.1) is 5.92 Å². The van der Waals surface area contributed by atoms with Crippen LogP contribution in [0.4, 0.5) is 5.69 Å². The van der Waals surface area contributed by atoms with Gasteiger partial charge in [-0.2, -0.15) is 0 Å². The molecule has 2 aromatic rings. The molecular formula is C18H19NO5S. The standard InChI is InChI=1S/C18H19NO5S/c1-23-17(20)15-16(13-9-5-3-6-10-13)19(14-11-7-4-8-12-14)24-18(15)25(2,21)22/h3-12,15-16,18H,1-2H3/t15-,16?,18-/m1/s1. The molecule has 0 bridgehead atoms. The highest BCUT2D eigenvalue weighted by atomic mass is 32.2. The van der Waals surface area contributed by atoms with E-state index < -0.39 is 33.2 Å². The van der Waals surface area contributed by atoms with Crippen LogP contribution in [0.1, 0.15) is 11.6 Å². The lowest BCUT2D eigenvalue weighted by Gasteiger charge is -2.26. The number of hydrogen-bond donors (Lipinski definition) is 0. The smallest absolute Gasteiger partial charge is 0.315 e. The van der Waals surface area contributed by atoms with Gasteiger partial charge in [-0.05, 0) is 17.7 Å². The number of hydroxylamine groups is 1. The average molecular weight is 361 g/mol. The SMILES string of the molecule is COC(=O)[C@H]1C(c2ccccc2)N(c2ccccc2)O[C@@H]1S(C)(=O)=O. The van der Waals surface area contributed by atoms with Crippen molar-refractivity contribution in [3.63, 3.8) is 0 Å². The maximum Gasteiger partial charge on any atom is 0.315 e. The van der Waals surface area contributed by atoms with Gasteiger partial charge in [0.1, 0.15) is 5.92 Å². The summed E-state index contributed by atoms with van der Waals surface area (Å²) < 4.78 is 29.4. The van der Waals surface area contributed by atoms with Crippen molar-refractivity contribution in [2.24, 2.45) is 5.92 Å². The number of hydrogen-bond acceptors (Lipinski definition) is 6. The number of benzene rings is 2. The van der Waals surface area contributed by atoms with Crippen LogP contribution in [-0.2, 0) is 24.2 Å². The Balaban J connectivity index is 2.15. The van der Waals surface area contributed by atoms with Crippen LogP contribution >= 0.6 is 0 Å². The molecule has 25 heavy (non-hydrogen) atoms. The number of carbonyl (C=O) groups excluding carboxylic acids is 1. The van der Waals surface area contributed by atoms with Crippen molar-refractivity contribution >= 4 is 21.5 Å². The third kappa shape index (κ3) is 3.38. The molecule has 7 heteroatoms. The van der Waals surface area contributed by atoms with E-state index in [1.165, 1.54) is 12.2 Å². The number of para-hydroxylation sites is 1. The van der Waals surface area contributed by atoms with Crippen molar-refractivity contribution in [2.75, 3.05) is 18.4 Å². The number of methoxy groups -OCH3 is 1. The van der Waals surface area contributed by atoms with Crippen LogP contribution in [0.25, 0.3) is 0 Å². The van der Waals surface area contributed by atoms with Crippen LogP contribution in [0.3, 0.4) is 0 Å². The third-order valence-corrected chi connectivity index (χ3v) is 5.37. The first kappa shape index (κ1) is 17.4. The van der Waals surface area contributed by atoms with E-state index in [0.717, 1.165) is 11.8 Å². The lowest BCUT2D eigenvalue weighted by Crippen LogP contribution is -2.34. The summed E-state index contributed by atoms with van der Waals surface area (Å²) >= 11 is 0. The molecule has 1 aliphatic rings. The van der Waals surface area contributed by atoms with Gasteiger partial charge < -0.3 is 4.74 Å². The first-order valence-corrected chi connectivity index (χ1v) is 9.71. The van der Waals surface area contributed by atoms with Gasteiger partial charge in [-0.15, -0.1) is 0 Å². The molecule has 0 saturated carbocycles. The van der Waals surface area contributed by atoms with Crippen LogP contribution in [0.15, 0.2) is 60.7 Å². The highest BCUT2D eigenvalue weighted by Crippen LogP contribution is 2.44. The molecule has 0 aliphatic carbocycles. The highest BCUT2D eigenvalue weighted by molar-refractivity contribution is 7.91. The second-order valence-corrected chi connectivity index (χ2v) is 7.99. The van der Waals surface area contributed by atoms with Gasteiger partial charge in [0.2, 0.25) is 5.44 Å². The molecule has 2 aromatic carbocycles. The number of nitrogens with zero attached hydrogens (tertiary/aromatic N) is 1. The van der Waals surface area contributed by atoms with E-state index in [-0.39, 0.29) is 0 Å². The fourth-order valence-corrected chi connectivity index (χ4v) is 4.09. The van der Waals surface area contributed by atoms with Crippen molar-refractivity contribution in [3.8, 4) is 0 Å². The number of ether oxygens (including phenoxy) is 1. The van der Waals surface area contributed by atoms with Gasteiger partial charge in [0, 0.05) is 6.26 Å². The number of sulfone groups is 1. The quantitative estimate of drug-likeness (QED) is 0.779. The molecule has 1 heterocycles. The van der Waals surface area contributed by atoms with E-state index >= 15 is 0 Å². The zero-order chi connectivity index (χ0) is 18.0. The average Bonchev–Trinajstić information content (AvgIpc) is 3.03. The van der Waals surface area contributed by atoms with Crippen molar-refractivity contribution in [1.29, 1.82) is 0 Å². The predicted molar refractivity (Wildman–Crippen MR) is 93.3 cm³/mol. The second-order valence-electron chi connectivity index (χ2n) is 5.87. The van der Waals surface area contributed by atoms with E-state index in [2.05, 4.69) is 0 Å². The van der Waals surface area contributed by atoms with Gasteiger partial charge in [0.05, 0.1) is 18.8 Å². The Morgan fingerprint density at radius 3 is 2.12 bits per heavy atom. The molecule has 3 atom stereocenters. The normalized spacial score (nSPS) is 23.4. The lowest BCUT2D eigenvalue weighted by atomic mass is 9.93. The molecule has 1 unspecified atom stereocenters. The van der Waals surface area contributed by atoms with Gasteiger partial charge in [-0.25, -0.2) is 13.5 Å². The van der Waals surface area contributed by atoms with E-state index in [9.17, 15) is 13.2 Å². The summed E-state index contributed by atoms with van der Waals surface area (Å²) in [5.74, 6) is -1.62. The Kier molecular flexibility index (Phi) is 4.78. The highest BCUT2D eigenvalue weighted by Gasteiger charge is 2.53. The first-order valence-electron chi connectivity index (χ1n) is 7.76. The molecule has 6 nitrogen and oxygen atoms in total. The van der Waals surface area contributed by atoms with Crippen LogP contribution < -0.4 is 5.06 Å². The fourth-order valence-electron chi connectivity index (χ4n) is 3.05. The molecule has 0 aromatic heterocycles. The van der Waals surface area contributed by atoms with E-state index in [0.29, 0.717) is 5.69 Å². The minimum atomic E-state index is -3.65. The molecular weight excluding hydrogens is 342 g/mol. The van der Waals surface area contributed by atoms with E-state index in [1.54, 1.807) is 12.1 Å². The van der Waals surface area contributed by atoms with Gasteiger partial charge >= 0.3 is 5.97 Å². The maximum atomic E-state index is 12.4. The summed E-state index contributed by atoms with van der Waals surface area (Å²) in [4.78, 5) is 18.2. The summed E-state index contributed by atoms with van der Waals surface area (Å²) in [5, 5.41) is 1.49. The van der Waals surface area contributed by atoms with E-state index in [1.807, 2.05) is 48.5 Å². The number of esters is 1. The molecule has 1 saturated heterocycles. The largest absolute Gasteiger partial charge is 0.469 e. The van der Waals surface area contributed by atoms with Crippen molar-refractivity contribution in [3.05, 3.63) is 66.2 Å². The summed E-state index contributed by atoms with van der Waals surface area (Å²) in [6.07, 6.45) is 1.06. The maximum absolute atomic E-state index is 12.4. The number of rotatable bonds is 4. The van der Waals surface area contributed by atoms with Crippen LogP contribution in [0.2, 0.25) is 0 Å². The minimum Gasteiger partial charge on any atom is -0.469 e. The Hall–Kier alpha value is -2.38. The van der Waals surface area contributed by atoms with Crippen LogP contribution in [-0.4, -0.2) is 33.2 Å². The Labute approximate surface area is 146 Å². The van der Waals surface area contributed by atoms with Gasteiger partial charge in [0.25, 0.3) is 0 Å². The molecule has 0 N–H and O–H groups in total. The summed E-state index contributed by atoms with van der Waals surface area (Å²) in [6, 6.07) is 17.7. The van der Waals surface area contributed by atoms with Crippen molar-refractivity contribution in [2.45, 2.75) is 11.5 Å². The second kappa shape index (κ2) is 6.85. The Morgan fingerprint density at radius 2 is 1.60 bits per heavy atom. The Bertz CT molecular complexity index is 838. The molecule has 0 spiro atoms. The Morgan fingerprint density at radius 1 is 1.04 bits per heavy atom. The summed E-state index contributed by atoms with van der Waals surface area (Å²) in [6.45, 7) is 0. The van der Waals surface area contributed by atoms with Gasteiger partial charge in [-0.1, -0.05) is 48.5 Å². The topological polar surface area (TPSA) is 72.9 Å². The zero-order valence-corrected chi connectivity index (χ0v) is 14.7. The lowest BCUT2D eigenvalue weighted by molar-refractivity contribution is -0.146. The third-order valence-electron chi connectivity index (χ3n) is 4.15.